The van der Waals surface area contributed by atoms with Gasteiger partial charge in [0.2, 0.25) is 0 Å². The minimum atomic E-state index is -0.188. The number of hydrogen-bond donors (Lipinski definition) is 1. The van der Waals surface area contributed by atoms with Gasteiger partial charge in [-0.3, -0.25) is 4.79 Å². The maximum atomic E-state index is 11.9. The van der Waals surface area contributed by atoms with Crippen molar-refractivity contribution in [2.75, 3.05) is 0 Å². The first-order chi connectivity index (χ1) is 9.20. The number of benzene rings is 1. The number of amides is 1. The van der Waals surface area contributed by atoms with Crippen LogP contribution in [0.25, 0.3) is 11.3 Å². The largest absolute Gasteiger partial charge is 0.355 e. The average Bonchev–Trinajstić information content (AvgIpc) is 2.89. The lowest BCUT2D eigenvalue weighted by molar-refractivity contribution is 0.0929. The van der Waals surface area contributed by atoms with Crippen molar-refractivity contribution >= 4 is 5.91 Å². The second-order valence-electron chi connectivity index (χ2n) is 4.61. The molecule has 0 unspecified atom stereocenters. The predicted octanol–water partition coefficient (Wildman–Crippen LogP) is 3.26. The molecule has 0 fully saturated rings. The Morgan fingerprint density at radius 1 is 1.37 bits per heavy atom. The minimum Gasteiger partial charge on any atom is -0.355 e. The van der Waals surface area contributed by atoms with Gasteiger partial charge in [-0.05, 0) is 13.3 Å². The van der Waals surface area contributed by atoms with Gasteiger partial charge in [0.05, 0.1) is 0 Å². The van der Waals surface area contributed by atoms with Gasteiger partial charge < -0.3 is 9.84 Å². The Morgan fingerprint density at radius 3 is 2.79 bits per heavy atom. The Bertz CT molecular complexity index is 534. The molecule has 100 valence electrons. The van der Waals surface area contributed by atoms with Crippen molar-refractivity contribution < 1.29 is 9.32 Å². The molecule has 1 aromatic heterocycles. The van der Waals surface area contributed by atoms with Crippen molar-refractivity contribution in [1.82, 2.24) is 10.5 Å². The average molecular weight is 258 g/mol. The molecule has 0 aliphatic heterocycles. The Hall–Kier alpha value is -2.10. The van der Waals surface area contributed by atoms with Crippen LogP contribution in [0, 0.1) is 0 Å². The second-order valence-corrected chi connectivity index (χ2v) is 4.61. The molecule has 4 heteroatoms. The van der Waals surface area contributed by atoms with Crippen molar-refractivity contribution in [3.8, 4) is 11.3 Å². The summed E-state index contributed by atoms with van der Waals surface area (Å²) in [6.07, 6.45) is 1.99. The van der Waals surface area contributed by atoms with E-state index >= 15 is 0 Å². The number of nitrogens with one attached hydrogen (secondary N) is 1. The zero-order valence-corrected chi connectivity index (χ0v) is 11.2. The fraction of sp³-hybridized carbons (Fsp3) is 0.333. The third-order valence-electron chi connectivity index (χ3n) is 2.90. The highest BCUT2D eigenvalue weighted by atomic mass is 16.5. The molecule has 2 rings (SSSR count). The standard InChI is InChI=1S/C15H18N2O2/c1-3-7-11(2)16-15(18)13-10-14(19-17-13)12-8-5-4-6-9-12/h4-6,8-11H,3,7H2,1-2H3,(H,16,18)/t11-/m0/s1. The third-order valence-corrected chi connectivity index (χ3v) is 2.90. The zero-order valence-electron chi connectivity index (χ0n) is 11.2. The first-order valence-electron chi connectivity index (χ1n) is 6.53. The van der Waals surface area contributed by atoms with E-state index in [1.54, 1.807) is 6.07 Å². The Balaban J connectivity index is 2.07. The predicted molar refractivity (Wildman–Crippen MR) is 73.8 cm³/mol. The maximum absolute atomic E-state index is 11.9. The van der Waals surface area contributed by atoms with E-state index in [-0.39, 0.29) is 11.9 Å². The topological polar surface area (TPSA) is 55.1 Å². The van der Waals surface area contributed by atoms with Gasteiger partial charge in [-0.25, -0.2) is 0 Å². The van der Waals surface area contributed by atoms with Gasteiger partial charge in [0.25, 0.3) is 5.91 Å². The number of aromatic nitrogens is 1. The number of hydrogen-bond acceptors (Lipinski definition) is 3. The van der Waals surface area contributed by atoms with E-state index in [0.29, 0.717) is 11.5 Å². The number of nitrogens with zero attached hydrogens (tertiary/aromatic N) is 1. The molecular formula is C15H18N2O2. The van der Waals surface area contributed by atoms with Crippen LogP contribution in [0.15, 0.2) is 40.9 Å². The smallest absolute Gasteiger partial charge is 0.273 e. The molecule has 1 atom stereocenters. The molecule has 2 aromatic rings. The zero-order chi connectivity index (χ0) is 13.7. The first-order valence-corrected chi connectivity index (χ1v) is 6.53. The molecule has 19 heavy (non-hydrogen) atoms. The van der Waals surface area contributed by atoms with Crippen LogP contribution in [0.3, 0.4) is 0 Å². The second kappa shape index (κ2) is 6.18. The quantitative estimate of drug-likeness (QED) is 0.895. The highest BCUT2D eigenvalue weighted by Gasteiger charge is 2.15. The SMILES string of the molecule is CCC[C@H](C)NC(=O)c1cc(-c2ccccc2)on1. The molecule has 4 nitrogen and oxygen atoms in total. The highest BCUT2D eigenvalue weighted by Crippen LogP contribution is 2.19. The van der Waals surface area contributed by atoms with Crippen LogP contribution in [-0.2, 0) is 0 Å². The van der Waals surface area contributed by atoms with Crippen LogP contribution in [-0.4, -0.2) is 17.1 Å². The van der Waals surface area contributed by atoms with Crippen LogP contribution in [0.4, 0.5) is 0 Å². The molecule has 0 bridgehead atoms. The van der Waals surface area contributed by atoms with E-state index in [1.165, 1.54) is 0 Å². The summed E-state index contributed by atoms with van der Waals surface area (Å²) in [5.41, 5.74) is 1.23. The summed E-state index contributed by atoms with van der Waals surface area (Å²) < 4.78 is 5.20. The molecule has 0 spiro atoms. The van der Waals surface area contributed by atoms with Gasteiger partial charge >= 0.3 is 0 Å². The molecule has 1 amide bonds. The number of carbonyl (C=O) groups is 1. The van der Waals surface area contributed by atoms with Gasteiger partial charge in [-0.15, -0.1) is 0 Å². The van der Waals surface area contributed by atoms with E-state index in [4.69, 9.17) is 4.52 Å². The van der Waals surface area contributed by atoms with E-state index in [9.17, 15) is 4.79 Å². The summed E-state index contributed by atoms with van der Waals surface area (Å²) in [5, 5.41) is 6.72. The van der Waals surface area contributed by atoms with Crippen molar-refractivity contribution in [3.05, 3.63) is 42.1 Å². The molecule has 0 saturated carbocycles. The van der Waals surface area contributed by atoms with E-state index in [1.807, 2.05) is 37.3 Å². The Labute approximate surface area is 112 Å². The molecule has 1 aromatic carbocycles. The van der Waals surface area contributed by atoms with Crippen molar-refractivity contribution in [2.45, 2.75) is 32.7 Å². The summed E-state index contributed by atoms with van der Waals surface area (Å²) in [7, 11) is 0. The van der Waals surface area contributed by atoms with Gasteiger partial charge in [0.15, 0.2) is 11.5 Å². The lowest BCUT2D eigenvalue weighted by Crippen LogP contribution is -2.32. The van der Waals surface area contributed by atoms with Crippen LogP contribution in [0.5, 0.6) is 0 Å². The maximum Gasteiger partial charge on any atom is 0.273 e. The monoisotopic (exact) mass is 258 g/mol. The van der Waals surface area contributed by atoms with Crippen LogP contribution < -0.4 is 5.32 Å². The highest BCUT2D eigenvalue weighted by molar-refractivity contribution is 5.93. The summed E-state index contributed by atoms with van der Waals surface area (Å²) in [6.45, 7) is 4.08. The van der Waals surface area contributed by atoms with Gasteiger partial charge in [0.1, 0.15) is 0 Å². The normalized spacial score (nSPS) is 12.1. The molecule has 0 aliphatic carbocycles. The van der Waals surface area contributed by atoms with Gasteiger partial charge in [-0.2, -0.15) is 0 Å². The summed E-state index contributed by atoms with van der Waals surface area (Å²) in [4.78, 5) is 11.9. The molecule has 1 heterocycles. The molecule has 1 N–H and O–H groups in total. The molecule has 0 radical (unpaired) electrons. The number of carbonyl (C=O) groups excluding carboxylic acids is 1. The first kappa shape index (κ1) is 13.3. The molecular weight excluding hydrogens is 240 g/mol. The van der Waals surface area contributed by atoms with E-state index in [0.717, 1.165) is 18.4 Å². The van der Waals surface area contributed by atoms with Crippen molar-refractivity contribution in [2.24, 2.45) is 0 Å². The summed E-state index contributed by atoms with van der Waals surface area (Å²) in [5.74, 6) is 0.417. The third kappa shape index (κ3) is 3.44. The molecule has 0 aliphatic rings. The minimum absolute atomic E-state index is 0.148. The van der Waals surface area contributed by atoms with E-state index in [2.05, 4.69) is 17.4 Å². The van der Waals surface area contributed by atoms with Crippen molar-refractivity contribution in [3.63, 3.8) is 0 Å². The molecule has 0 saturated heterocycles. The van der Waals surface area contributed by atoms with E-state index < -0.39 is 0 Å². The van der Waals surface area contributed by atoms with Crippen LogP contribution >= 0.6 is 0 Å². The lowest BCUT2D eigenvalue weighted by atomic mass is 10.1. The van der Waals surface area contributed by atoms with Gasteiger partial charge in [0, 0.05) is 17.7 Å². The van der Waals surface area contributed by atoms with Gasteiger partial charge in [-0.1, -0.05) is 48.8 Å². The van der Waals surface area contributed by atoms with Crippen LogP contribution in [0.1, 0.15) is 37.2 Å². The lowest BCUT2D eigenvalue weighted by Gasteiger charge is -2.10. The fourth-order valence-corrected chi connectivity index (χ4v) is 1.92. The van der Waals surface area contributed by atoms with Crippen molar-refractivity contribution in [1.29, 1.82) is 0 Å². The fourth-order valence-electron chi connectivity index (χ4n) is 1.92. The Kier molecular flexibility index (Phi) is 4.34. The van der Waals surface area contributed by atoms with Crippen LogP contribution in [0.2, 0.25) is 0 Å². The Morgan fingerprint density at radius 2 is 2.11 bits per heavy atom. The summed E-state index contributed by atoms with van der Waals surface area (Å²) in [6, 6.07) is 11.4. The number of rotatable bonds is 5. The summed E-state index contributed by atoms with van der Waals surface area (Å²) >= 11 is 0.